The largest absolute Gasteiger partial charge is 0.496 e. The van der Waals surface area contributed by atoms with Crippen molar-refractivity contribution in [3.05, 3.63) is 65.9 Å². The number of methoxy groups -OCH3 is 1. The molecule has 1 aliphatic heterocycles. The minimum Gasteiger partial charge on any atom is -0.496 e. The van der Waals surface area contributed by atoms with Gasteiger partial charge in [0.2, 0.25) is 0 Å². The Bertz CT molecular complexity index is 977. The Labute approximate surface area is 170 Å². The topological polar surface area (TPSA) is 67.6 Å². The number of carbonyl (C=O) groups excluding carboxylic acids is 1. The van der Waals surface area contributed by atoms with E-state index in [1.165, 1.54) is 24.8 Å². The van der Waals surface area contributed by atoms with Crippen molar-refractivity contribution in [2.45, 2.75) is 25.8 Å². The molecule has 0 radical (unpaired) electrons. The molecule has 0 bridgehead atoms. The number of nitrogens with zero attached hydrogens (tertiary/aromatic N) is 2. The summed E-state index contributed by atoms with van der Waals surface area (Å²) in [4.78, 5) is 15.1. The first-order valence-electron chi connectivity index (χ1n) is 9.96. The van der Waals surface area contributed by atoms with Gasteiger partial charge in [0.05, 0.1) is 12.7 Å². The second-order valence-corrected chi connectivity index (χ2v) is 7.27. The molecule has 2 aromatic carbocycles. The summed E-state index contributed by atoms with van der Waals surface area (Å²) in [6.45, 7) is 3.19. The number of para-hydroxylation sites is 1. The Kier molecular flexibility index (Phi) is 5.91. The zero-order valence-corrected chi connectivity index (χ0v) is 16.6. The number of piperidine rings is 1. The van der Waals surface area contributed by atoms with Gasteiger partial charge in [0.25, 0.3) is 5.91 Å². The Balaban J connectivity index is 1.44. The lowest BCUT2D eigenvalue weighted by Gasteiger charge is -2.26. The molecule has 1 aromatic heterocycles. The van der Waals surface area contributed by atoms with Crippen LogP contribution in [0.5, 0.6) is 5.75 Å². The van der Waals surface area contributed by atoms with E-state index >= 15 is 0 Å². The number of hydrogen-bond acceptors (Lipinski definition) is 5. The van der Waals surface area contributed by atoms with Crippen molar-refractivity contribution in [2.75, 3.05) is 25.5 Å². The molecule has 2 heterocycles. The third-order valence-corrected chi connectivity index (χ3v) is 5.15. The molecule has 29 heavy (non-hydrogen) atoms. The fraction of sp³-hybridized carbons (Fsp3) is 0.304. The maximum absolute atomic E-state index is 12.6. The number of anilines is 1. The van der Waals surface area contributed by atoms with Gasteiger partial charge < -0.3 is 14.6 Å². The van der Waals surface area contributed by atoms with Crippen LogP contribution in [0.4, 0.5) is 5.69 Å². The van der Waals surface area contributed by atoms with Crippen molar-refractivity contribution in [1.29, 1.82) is 0 Å². The first-order chi connectivity index (χ1) is 14.2. The fourth-order valence-electron chi connectivity index (χ4n) is 3.68. The molecule has 1 saturated heterocycles. The van der Waals surface area contributed by atoms with Crippen molar-refractivity contribution in [1.82, 2.24) is 10.1 Å². The van der Waals surface area contributed by atoms with Gasteiger partial charge in [-0.2, -0.15) is 0 Å². The van der Waals surface area contributed by atoms with Crippen LogP contribution in [-0.4, -0.2) is 36.2 Å². The highest BCUT2D eigenvalue weighted by molar-refractivity contribution is 6.03. The molecule has 0 atom stereocenters. The summed E-state index contributed by atoms with van der Waals surface area (Å²) in [6.07, 6.45) is 3.84. The van der Waals surface area contributed by atoms with Crippen LogP contribution in [0, 0.1) is 0 Å². The van der Waals surface area contributed by atoms with Gasteiger partial charge in [-0.15, -0.1) is 0 Å². The van der Waals surface area contributed by atoms with Crippen molar-refractivity contribution in [3.8, 4) is 17.1 Å². The lowest BCUT2D eigenvalue weighted by Crippen LogP contribution is -2.29. The number of benzene rings is 2. The third-order valence-electron chi connectivity index (χ3n) is 5.15. The van der Waals surface area contributed by atoms with Crippen LogP contribution in [0.3, 0.4) is 0 Å². The lowest BCUT2D eigenvalue weighted by molar-refractivity contribution is 0.101. The van der Waals surface area contributed by atoms with Gasteiger partial charge in [-0.1, -0.05) is 35.8 Å². The molecule has 150 valence electrons. The molecule has 0 aliphatic carbocycles. The van der Waals surface area contributed by atoms with E-state index in [9.17, 15) is 4.79 Å². The summed E-state index contributed by atoms with van der Waals surface area (Å²) >= 11 is 0. The summed E-state index contributed by atoms with van der Waals surface area (Å²) < 4.78 is 10.7. The lowest BCUT2D eigenvalue weighted by atomic mass is 10.1. The van der Waals surface area contributed by atoms with E-state index in [0.29, 0.717) is 11.5 Å². The van der Waals surface area contributed by atoms with Crippen LogP contribution in [0.2, 0.25) is 0 Å². The van der Waals surface area contributed by atoms with E-state index in [1.807, 2.05) is 42.5 Å². The fourth-order valence-corrected chi connectivity index (χ4v) is 3.68. The predicted molar refractivity (Wildman–Crippen MR) is 112 cm³/mol. The molecule has 1 aliphatic rings. The normalized spacial score (nSPS) is 14.5. The smallest absolute Gasteiger partial charge is 0.277 e. The molecule has 6 heteroatoms. The van der Waals surface area contributed by atoms with Crippen LogP contribution < -0.4 is 10.1 Å². The maximum Gasteiger partial charge on any atom is 0.277 e. The number of aromatic nitrogens is 1. The summed E-state index contributed by atoms with van der Waals surface area (Å²) in [5.74, 6) is 0.859. The molecule has 0 saturated carbocycles. The Morgan fingerprint density at radius 1 is 1.10 bits per heavy atom. The van der Waals surface area contributed by atoms with E-state index in [1.54, 1.807) is 13.2 Å². The molecule has 0 unspecified atom stereocenters. The minimum absolute atomic E-state index is 0.229. The predicted octanol–water partition coefficient (Wildman–Crippen LogP) is 4.59. The highest BCUT2D eigenvalue weighted by Crippen LogP contribution is 2.30. The van der Waals surface area contributed by atoms with E-state index in [2.05, 4.69) is 21.4 Å². The average molecular weight is 391 g/mol. The summed E-state index contributed by atoms with van der Waals surface area (Å²) in [5, 5.41) is 6.85. The minimum atomic E-state index is -0.301. The molecule has 4 rings (SSSR count). The summed E-state index contributed by atoms with van der Waals surface area (Å²) in [5.41, 5.74) is 2.93. The Morgan fingerprint density at radius 3 is 2.76 bits per heavy atom. The van der Waals surface area contributed by atoms with Crippen molar-refractivity contribution in [3.63, 3.8) is 0 Å². The Hall–Kier alpha value is -3.12. The second-order valence-electron chi connectivity index (χ2n) is 7.27. The quantitative estimate of drug-likeness (QED) is 0.666. The van der Waals surface area contributed by atoms with Crippen molar-refractivity contribution < 1.29 is 14.1 Å². The number of amides is 1. The van der Waals surface area contributed by atoms with E-state index in [4.69, 9.17) is 9.26 Å². The molecular formula is C23H25N3O3. The monoisotopic (exact) mass is 391 g/mol. The number of carbonyl (C=O) groups is 1. The van der Waals surface area contributed by atoms with Crippen LogP contribution >= 0.6 is 0 Å². The van der Waals surface area contributed by atoms with Gasteiger partial charge in [-0.3, -0.25) is 9.69 Å². The highest BCUT2D eigenvalue weighted by atomic mass is 16.5. The highest BCUT2D eigenvalue weighted by Gasteiger charge is 2.17. The molecule has 0 spiro atoms. The van der Waals surface area contributed by atoms with Gasteiger partial charge in [0.1, 0.15) is 5.75 Å². The number of nitrogens with one attached hydrogen (secondary N) is 1. The van der Waals surface area contributed by atoms with Gasteiger partial charge in [-0.05, 0) is 55.8 Å². The van der Waals surface area contributed by atoms with Gasteiger partial charge in [0.15, 0.2) is 11.5 Å². The van der Waals surface area contributed by atoms with E-state index in [0.717, 1.165) is 30.9 Å². The molecule has 6 nitrogen and oxygen atoms in total. The second kappa shape index (κ2) is 8.92. The molecule has 1 amide bonds. The van der Waals surface area contributed by atoms with Crippen LogP contribution in [0.15, 0.2) is 59.1 Å². The average Bonchev–Trinajstić information content (AvgIpc) is 3.25. The van der Waals surface area contributed by atoms with Crippen molar-refractivity contribution >= 4 is 11.6 Å². The molecule has 1 fully saturated rings. The zero-order chi connectivity index (χ0) is 20.1. The summed E-state index contributed by atoms with van der Waals surface area (Å²) in [7, 11) is 1.60. The number of hydrogen-bond donors (Lipinski definition) is 1. The van der Waals surface area contributed by atoms with Gasteiger partial charge >= 0.3 is 0 Å². The van der Waals surface area contributed by atoms with Gasteiger partial charge in [-0.25, -0.2) is 0 Å². The van der Waals surface area contributed by atoms with Crippen LogP contribution in [0.1, 0.15) is 35.3 Å². The van der Waals surface area contributed by atoms with Crippen molar-refractivity contribution in [2.24, 2.45) is 0 Å². The first-order valence-corrected chi connectivity index (χ1v) is 9.96. The molecular weight excluding hydrogens is 366 g/mol. The van der Waals surface area contributed by atoms with Gasteiger partial charge in [0, 0.05) is 18.3 Å². The number of likely N-dealkylation sites (tertiary alicyclic amines) is 1. The zero-order valence-electron chi connectivity index (χ0n) is 16.6. The van der Waals surface area contributed by atoms with E-state index < -0.39 is 0 Å². The Morgan fingerprint density at radius 2 is 1.93 bits per heavy atom. The molecule has 3 aromatic rings. The summed E-state index contributed by atoms with van der Waals surface area (Å²) in [6, 6.07) is 17.1. The van der Waals surface area contributed by atoms with Crippen LogP contribution in [0.25, 0.3) is 11.3 Å². The third kappa shape index (κ3) is 4.66. The maximum atomic E-state index is 12.6. The first kappa shape index (κ1) is 19.2. The number of rotatable bonds is 6. The SMILES string of the molecule is COc1ccccc1-c1cc(C(=O)Nc2cccc(CN3CCCCC3)c2)no1. The van der Waals surface area contributed by atoms with Crippen LogP contribution in [-0.2, 0) is 6.54 Å². The molecule has 1 N–H and O–H groups in total. The van der Waals surface area contributed by atoms with E-state index in [-0.39, 0.29) is 11.6 Å². The standard InChI is InChI=1S/C23H25N3O3/c1-28-21-11-4-3-10-19(21)22-15-20(25-29-22)23(27)24-18-9-7-8-17(14-18)16-26-12-5-2-6-13-26/h3-4,7-11,14-15H,2,5-6,12-13,16H2,1H3,(H,24,27). The number of ether oxygens (including phenoxy) is 1.